The summed E-state index contributed by atoms with van der Waals surface area (Å²) in [6.45, 7) is 2.06. The summed E-state index contributed by atoms with van der Waals surface area (Å²) < 4.78 is 0. The molecule has 1 fully saturated rings. The summed E-state index contributed by atoms with van der Waals surface area (Å²) in [5, 5.41) is 19.1. The summed E-state index contributed by atoms with van der Waals surface area (Å²) in [6.07, 6.45) is 4.59. The molecule has 2 N–H and O–H groups in total. The normalized spacial score (nSPS) is 30.7. The third kappa shape index (κ3) is 3.12. The van der Waals surface area contributed by atoms with Gasteiger partial charge in [-0.05, 0) is 42.9 Å². The lowest BCUT2D eigenvalue weighted by Gasteiger charge is -2.41. The minimum atomic E-state index is -0.920. The van der Waals surface area contributed by atoms with Gasteiger partial charge in [-0.15, -0.1) is 11.6 Å². The molecular weight excluding hydrogens is 333 g/mol. The molecule has 0 bridgehead atoms. The van der Waals surface area contributed by atoms with E-state index < -0.39 is 5.60 Å². The number of nitrogens with one attached hydrogen (secondary N) is 1. The van der Waals surface area contributed by atoms with Gasteiger partial charge in [0, 0.05) is 22.7 Å². The summed E-state index contributed by atoms with van der Waals surface area (Å²) in [4.78, 5) is 4.19. The fourth-order valence-electron chi connectivity index (χ4n) is 3.72. The number of H-pyrrole nitrogens is 1. The molecule has 1 aromatic carbocycles. The topological polar surface area (TPSA) is 61.8 Å². The summed E-state index contributed by atoms with van der Waals surface area (Å²) >= 11 is 12.2. The van der Waals surface area contributed by atoms with Gasteiger partial charge in [0.25, 0.3) is 0 Å². The van der Waals surface area contributed by atoms with E-state index in [2.05, 4.69) is 22.1 Å². The minimum Gasteiger partial charge on any atom is -0.389 e. The quantitative estimate of drug-likeness (QED) is 0.806. The molecule has 0 radical (unpaired) electrons. The maximum Gasteiger partial charge on any atom is 0.153 e. The molecule has 4 nitrogen and oxygen atoms in total. The maximum absolute atomic E-state index is 11.6. The van der Waals surface area contributed by atoms with Crippen molar-refractivity contribution in [3.63, 3.8) is 0 Å². The lowest BCUT2D eigenvalue weighted by atomic mass is 9.70. The Morgan fingerprint density at radius 2 is 2.09 bits per heavy atom. The van der Waals surface area contributed by atoms with Crippen LogP contribution in [0.1, 0.15) is 31.2 Å². The molecule has 3 unspecified atom stereocenters. The molecule has 0 saturated heterocycles. The number of aromatic nitrogens is 3. The van der Waals surface area contributed by atoms with Gasteiger partial charge in [-0.2, -0.15) is 5.10 Å². The molecule has 124 valence electrons. The van der Waals surface area contributed by atoms with Crippen molar-refractivity contribution in [2.45, 2.75) is 38.2 Å². The Labute approximate surface area is 146 Å². The first-order valence-electron chi connectivity index (χ1n) is 7.84. The number of aromatic amines is 1. The number of aliphatic hydroxyl groups is 1. The van der Waals surface area contributed by atoms with Crippen molar-refractivity contribution in [1.29, 1.82) is 0 Å². The van der Waals surface area contributed by atoms with Crippen LogP contribution in [0, 0.1) is 11.3 Å². The first kappa shape index (κ1) is 16.7. The molecule has 0 amide bonds. The molecule has 1 aliphatic rings. The molecule has 1 aliphatic carbocycles. The minimum absolute atomic E-state index is 0.117. The molecule has 6 heteroatoms. The fourth-order valence-corrected chi connectivity index (χ4v) is 4.21. The van der Waals surface area contributed by atoms with Crippen molar-refractivity contribution >= 4 is 23.2 Å². The molecule has 0 aliphatic heterocycles. The van der Waals surface area contributed by atoms with Crippen LogP contribution in [-0.4, -0.2) is 31.8 Å². The highest BCUT2D eigenvalue weighted by atomic mass is 35.5. The van der Waals surface area contributed by atoms with Gasteiger partial charge < -0.3 is 5.11 Å². The number of hydrogen-bond donors (Lipinski definition) is 2. The van der Waals surface area contributed by atoms with E-state index in [9.17, 15) is 5.11 Å². The van der Waals surface area contributed by atoms with E-state index in [4.69, 9.17) is 23.2 Å². The third-order valence-corrected chi connectivity index (χ3v) is 6.19. The number of alkyl halides is 1. The highest BCUT2D eigenvalue weighted by molar-refractivity contribution is 6.30. The van der Waals surface area contributed by atoms with Crippen LogP contribution in [0.25, 0.3) is 0 Å². The van der Waals surface area contributed by atoms with Gasteiger partial charge in [0.1, 0.15) is 6.33 Å². The standard InChI is InChI=1S/C17H21Cl2N3O/c1-16(10-18)7-6-13(8-12-2-4-14(19)5-3-12)17(16,23)9-15-20-11-21-22-15/h2-5,11,13,23H,6-10H2,1H3,(H,20,21,22). The average Bonchev–Trinajstić information content (AvgIpc) is 3.12. The molecule has 2 aromatic rings. The van der Waals surface area contributed by atoms with Gasteiger partial charge in [0.2, 0.25) is 0 Å². The summed E-state index contributed by atoms with van der Waals surface area (Å²) in [5.41, 5.74) is -0.0882. The Morgan fingerprint density at radius 3 is 2.70 bits per heavy atom. The van der Waals surface area contributed by atoms with E-state index >= 15 is 0 Å². The van der Waals surface area contributed by atoms with Gasteiger partial charge in [-0.25, -0.2) is 4.98 Å². The number of halogens is 2. The number of rotatable bonds is 5. The highest BCUT2D eigenvalue weighted by Crippen LogP contribution is 2.52. The molecule has 23 heavy (non-hydrogen) atoms. The van der Waals surface area contributed by atoms with E-state index in [1.54, 1.807) is 6.33 Å². The van der Waals surface area contributed by atoms with Gasteiger partial charge in [0.15, 0.2) is 5.82 Å². The second-order valence-electron chi connectivity index (χ2n) is 6.78. The van der Waals surface area contributed by atoms with E-state index in [-0.39, 0.29) is 11.3 Å². The van der Waals surface area contributed by atoms with Crippen LogP contribution >= 0.6 is 23.2 Å². The van der Waals surface area contributed by atoms with Crippen molar-refractivity contribution in [2.75, 3.05) is 5.88 Å². The molecular formula is C17H21Cl2N3O. The Hall–Kier alpha value is -1.10. The molecule has 3 rings (SSSR count). The largest absolute Gasteiger partial charge is 0.389 e. The average molecular weight is 354 g/mol. The zero-order valence-electron chi connectivity index (χ0n) is 13.1. The fraction of sp³-hybridized carbons (Fsp3) is 0.529. The van der Waals surface area contributed by atoms with Crippen molar-refractivity contribution in [2.24, 2.45) is 11.3 Å². The van der Waals surface area contributed by atoms with Crippen molar-refractivity contribution in [3.05, 3.63) is 47.0 Å². The monoisotopic (exact) mass is 353 g/mol. The van der Waals surface area contributed by atoms with Crippen molar-refractivity contribution in [3.8, 4) is 0 Å². The van der Waals surface area contributed by atoms with Crippen LogP contribution < -0.4 is 0 Å². The van der Waals surface area contributed by atoms with E-state index in [0.717, 1.165) is 24.3 Å². The molecule has 0 spiro atoms. The molecule has 1 saturated carbocycles. The van der Waals surface area contributed by atoms with Crippen LogP contribution in [0.5, 0.6) is 0 Å². The SMILES string of the molecule is CC1(CCl)CCC(Cc2ccc(Cl)cc2)C1(O)Cc1nc[nH]n1. The van der Waals surface area contributed by atoms with Crippen molar-refractivity contribution < 1.29 is 5.11 Å². The highest BCUT2D eigenvalue weighted by Gasteiger charge is 2.56. The van der Waals surface area contributed by atoms with Crippen LogP contribution in [0.15, 0.2) is 30.6 Å². The first-order valence-corrected chi connectivity index (χ1v) is 8.75. The lowest BCUT2D eigenvalue weighted by Crippen LogP contribution is -2.50. The van der Waals surface area contributed by atoms with Gasteiger partial charge in [-0.1, -0.05) is 30.7 Å². The van der Waals surface area contributed by atoms with E-state index in [0.29, 0.717) is 18.1 Å². The number of benzene rings is 1. The smallest absolute Gasteiger partial charge is 0.153 e. The first-order chi connectivity index (χ1) is 11.0. The van der Waals surface area contributed by atoms with Crippen molar-refractivity contribution in [1.82, 2.24) is 15.2 Å². The number of hydrogen-bond acceptors (Lipinski definition) is 3. The molecule has 3 atom stereocenters. The van der Waals surface area contributed by atoms with Gasteiger partial charge >= 0.3 is 0 Å². The second kappa shape index (κ2) is 6.42. The Bertz CT molecular complexity index is 646. The molecule has 1 aromatic heterocycles. The second-order valence-corrected chi connectivity index (χ2v) is 7.48. The maximum atomic E-state index is 11.6. The summed E-state index contributed by atoms with van der Waals surface area (Å²) in [7, 11) is 0. The van der Waals surface area contributed by atoms with Gasteiger partial charge in [0.05, 0.1) is 5.60 Å². The van der Waals surface area contributed by atoms with Gasteiger partial charge in [-0.3, -0.25) is 5.10 Å². The van der Waals surface area contributed by atoms with Crippen LogP contribution in [-0.2, 0) is 12.8 Å². The Balaban J connectivity index is 1.87. The lowest BCUT2D eigenvalue weighted by molar-refractivity contribution is -0.0747. The Kier molecular flexibility index (Phi) is 4.68. The predicted molar refractivity (Wildman–Crippen MR) is 91.7 cm³/mol. The van der Waals surface area contributed by atoms with E-state index in [1.165, 1.54) is 5.56 Å². The third-order valence-electron chi connectivity index (χ3n) is 5.35. The van der Waals surface area contributed by atoms with Crippen LogP contribution in [0.4, 0.5) is 0 Å². The summed E-state index contributed by atoms with van der Waals surface area (Å²) in [5.74, 6) is 1.17. The number of nitrogens with zero attached hydrogens (tertiary/aromatic N) is 2. The van der Waals surface area contributed by atoms with E-state index in [1.807, 2.05) is 24.3 Å². The van der Waals surface area contributed by atoms with Crippen LogP contribution in [0.2, 0.25) is 5.02 Å². The predicted octanol–water partition coefficient (Wildman–Crippen LogP) is 3.63. The van der Waals surface area contributed by atoms with Crippen LogP contribution in [0.3, 0.4) is 0 Å². The Morgan fingerprint density at radius 1 is 1.35 bits per heavy atom. The summed E-state index contributed by atoms with van der Waals surface area (Å²) in [6, 6.07) is 7.82. The molecule has 1 heterocycles. The zero-order valence-corrected chi connectivity index (χ0v) is 14.6. The zero-order chi connectivity index (χ0) is 16.5.